The van der Waals surface area contributed by atoms with Gasteiger partial charge < -0.3 is 10.1 Å². The fraction of sp³-hybridized carbons (Fsp3) is 0.278. The molecule has 3 rings (SSSR count). The highest BCUT2D eigenvalue weighted by Crippen LogP contribution is 2.38. The van der Waals surface area contributed by atoms with Gasteiger partial charge in [-0.2, -0.15) is 0 Å². The van der Waals surface area contributed by atoms with Crippen LogP contribution in [-0.2, 0) is 20.2 Å². The molecular formula is C18H20N2O4S. The molecule has 132 valence electrons. The first-order valence-electron chi connectivity index (χ1n) is 7.96. The number of fused-ring (bicyclic) bond motifs is 1. The number of hydrogen-bond acceptors (Lipinski definition) is 4. The van der Waals surface area contributed by atoms with Crippen LogP contribution >= 0.6 is 0 Å². The van der Waals surface area contributed by atoms with Gasteiger partial charge in [-0.3, -0.25) is 9.52 Å². The summed E-state index contributed by atoms with van der Waals surface area (Å²) in [6.07, 6.45) is 0. The summed E-state index contributed by atoms with van der Waals surface area (Å²) in [6.45, 7) is 5.79. The average Bonchev–Trinajstić information content (AvgIpc) is 2.78. The largest absolute Gasteiger partial charge is 0.492 e. The van der Waals surface area contributed by atoms with Gasteiger partial charge in [-0.1, -0.05) is 12.1 Å². The molecule has 1 aliphatic rings. The van der Waals surface area contributed by atoms with Gasteiger partial charge in [-0.05, 0) is 56.7 Å². The van der Waals surface area contributed by atoms with E-state index < -0.39 is 15.4 Å². The van der Waals surface area contributed by atoms with Gasteiger partial charge in [-0.15, -0.1) is 0 Å². The van der Waals surface area contributed by atoms with Crippen LogP contribution in [0.3, 0.4) is 0 Å². The van der Waals surface area contributed by atoms with Crippen LogP contribution in [0.25, 0.3) is 0 Å². The molecule has 0 saturated heterocycles. The van der Waals surface area contributed by atoms with E-state index in [1.807, 2.05) is 6.92 Å². The minimum absolute atomic E-state index is 0.0992. The summed E-state index contributed by atoms with van der Waals surface area (Å²) < 4.78 is 33.6. The maximum atomic E-state index is 12.8. The number of nitrogens with one attached hydrogen (secondary N) is 2. The Bertz CT molecular complexity index is 936. The first kappa shape index (κ1) is 17.3. The van der Waals surface area contributed by atoms with Gasteiger partial charge in [0.2, 0.25) is 5.91 Å². The lowest BCUT2D eigenvalue weighted by Crippen LogP contribution is -2.27. The second-order valence-electron chi connectivity index (χ2n) is 6.32. The highest BCUT2D eigenvalue weighted by molar-refractivity contribution is 7.92. The van der Waals surface area contributed by atoms with Crippen LogP contribution in [0.15, 0.2) is 47.4 Å². The number of para-hydroxylation sites is 2. The van der Waals surface area contributed by atoms with E-state index >= 15 is 0 Å². The first-order valence-corrected chi connectivity index (χ1v) is 9.44. The van der Waals surface area contributed by atoms with Crippen molar-refractivity contribution in [2.24, 2.45) is 0 Å². The normalized spacial score (nSPS) is 15.4. The van der Waals surface area contributed by atoms with Crippen molar-refractivity contribution in [2.45, 2.75) is 31.1 Å². The summed E-state index contributed by atoms with van der Waals surface area (Å²) in [7, 11) is -3.81. The molecule has 0 aromatic heterocycles. The summed E-state index contributed by atoms with van der Waals surface area (Å²) in [6, 6.07) is 11.5. The Kier molecular flexibility index (Phi) is 4.20. The molecule has 0 spiro atoms. The minimum Gasteiger partial charge on any atom is -0.492 e. The number of benzene rings is 2. The van der Waals surface area contributed by atoms with Crippen molar-refractivity contribution in [3.63, 3.8) is 0 Å². The molecule has 2 aromatic rings. The van der Waals surface area contributed by atoms with Crippen LogP contribution < -0.4 is 14.8 Å². The van der Waals surface area contributed by atoms with E-state index in [1.54, 1.807) is 50.2 Å². The van der Waals surface area contributed by atoms with Crippen LogP contribution in [0.1, 0.15) is 26.3 Å². The van der Waals surface area contributed by atoms with Gasteiger partial charge in [0, 0.05) is 5.69 Å². The summed E-state index contributed by atoms with van der Waals surface area (Å²) in [5, 5.41) is 2.77. The zero-order chi connectivity index (χ0) is 18.2. The topological polar surface area (TPSA) is 84.5 Å². The quantitative estimate of drug-likeness (QED) is 0.858. The van der Waals surface area contributed by atoms with Crippen molar-refractivity contribution < 1.29 is 17.9 Å². The van der Waals surface area contributed by atoms with Gasteiger partial charge >= 0.3 is 0 Å². The number of ether oxygens (including phenoxy) is 1. The third kappa shape index (κ3) is 3.07. The smallest absolute Gasteiger partial charge is 0.262 e. The molecule has 0 radical (unpaired) electrons. The zero-order valence-electron chi connectivity index (χ0n) is 14.3. The van der Waals surface area contributed by atoms with Crippen molar-refractivity contribution in [1.82, 2.24) is 0 Å². The van der Waals surface area contributed by atoms with E-state index in [1.165, 1.54) is 6.07 Å². The van der Waals surface area contributed by atoms with Gasteiger partial charge in [-0.25, -0.2) is 8.42 Å². The van der Waals surface area contributed by atoms with Crippen molar-refractivity contribution in [1.29, 1.82) is 0 Å². The maximum Gasteiger partial charge on any atom is 0.262 e. The van der Waals surface area contributed by atoms with Crippen molar-refractivity contribution in [2.75, 3.05) is 16.6 Å². The number of anilines is 2. The lowest BCUT2D eigenvalue weighted by molar-refractivity contribution is -0.119. The molecule has 0 unspecified atom stereocenters. The summed E-state index contributed by atoms with van der Waals surface area (Å²) in [4.78, 5) is 12.1. The van der Waals surface area contributed by atoms with Crippen LogP contribution in [0, 0.1) is 0 Å². The first-order chi connectivity index (χ1) is 11.8. The summed E-state index contributed by atoms with van der Waals surface area (Å²) >= 11 is 0. The lowest BCUT2D eigenvalue weighted by atomic mass is 9.86. The van der Waals surface area contributed by atoms with Crippen molar-refractivity contribution >= 4 is 27.3 Å². The predicted molar refractivity (Wildman–Crippen MR) is 96.5 cm³/mol. The molecular weight excluding hydrogens is 340 g/mol. The molecule has 1 aliphatic heterocycles. The molecule has 0 saturated carbocycles. The van der Waals surface area contributed by atoms with E-state index in [9.17, 15) is 13.2 Å². The van der Waals surface area contributed by atoms with Gasteiger partial charge in [0.15, 0.2) is 0 Å². The Labute approximate surface area is 147 Å². The van der Waals surface area contributed by atoms with Crippen LogP contribution in [0.5, 0.6) is 5.75 Å². The number of carbonyl (C=O) groups is 1. The number of sulfonamides is 1. The summed E-state index contributed by atoms with van der Waals surface area (Å²) in [5.74, 6) is 0.318. The second-order valence-corrected chi connectivity index (χ2v) is 8.00. The third-order valence-electron chi connectivity index (χ3n) is 4.22. The Balaban J connectivity index is 1.98. The molecule has 0 fully saturated rings. The van der Waals surface area contributed by atoms with E-state index in [0.717, 1.165) is 0 Å². The Morgan fingerprint density at radius 1 is 1.16 bits per heavy atom. The molecule has 7 heteroatoms. The Morgan fingerprint density at radius 3 is 2.60 bits per heavy atom. The van der Waals surface area contributed by atoms with Gasteiger partial charge in [0.1, 0.15) is 5.75 Å². The molecule has 1 amide bonds. The summed E-state index contributed by atoms with van der Waals surface area (Å²) in [5.41, 5.74) is 0.907. The predicted octanol–water partition coefficient (Wildman–Crippen LogP) is 3.12. The van der Waals surface area contributed by atoms with E-state index in [0.29, 0.717) is 29.3 Å². The average molecular weight is 360 g/mol. The van der Waals surface area contributed by atoms with E-state index in [2.05, 4.69) is 10.0 Å². The molecule has 6 nitrogen and oxygen atoms in total. The number of hydrogen-bond donors (Lipinski definition) is 2. The highest BCUT2D eigenvalue weighted by atomic mass is 32.2. The standard InChI is InChI=1S/C18H20N2O4S/c1-4-24-16-8-6-5-7-15(16)20-25(22,23)12-9-10-14-13(11-12)18(2,3)17(21)19-14/h5-11,20H,4H2,1-3H3,(H,19,21). The Hall–Kier alpha value is -2.54. The number of carbonyl (C=O) groups excluding carboxylic acids is 1. The van der Waals surface area contributed by atoms with Gasteiger partial charge in [0.05, 0.1) is 22.6 Å². The van der Waals surface area contributed by atoms with E-state index in [-0.39, 0.29) is 10.8 Å². The molecule has 0 atom stereocenters. The van der Waals surface area contributed by atoms with Crippen LogP contribution in [-0.4, -0.2) is 20.9 Å². The molecule has 0 bridgehead atoms. The van der Waals surface area contributed by atoms with Crippen molar-refractivity contribution in [3.8, 4) is 5.75 Å². The lowest BCUT2D eigenvalue weighted by Gasteiger charge is -2.17. The third-order valence-corrected chi connectivity index (χ3v) is 5.58. The SMILES string of the molecule is CCOc1ccccc1NS(=O)(=O)c1ccc2c(c1)C(C)(C)C(=O)N2. The maximum absolute atomic E-state index is 12.8. The molecule has 0 aliphatic carbocycles. The molecule has 2 N–H and O–H groups in total. The fourth-order valence-corrected chi connectivity index (χ4v) is 3.85. The van der Waals surface area contributed by atoms with Crippen molar-refractivity contribution in [3.05, 3.63) is 48.0 Å². The zero-order valence-corrected chi connectivity index (χ0v) is 15.1. The fourth-order valence-electron chi connectivity index (χ4n) is 2.75. The minimum atomic E-state index is -3.81. The van der Waals surface area contributed by atoms with E-state index in [4.69, 9.17) is 4.74 Å². The monoisotopic (exact) mass is 360 g/mol. The molecule has 1 heterocycles. The van der Waals surface area contributed by atoms with Crippen LogP contribution in [0.4, 0.5) is 11.4 Å². The second kappa shape index (κ2) is 6.07. The van der Waals surface area contributed by atoms with Gasteiger partial charge in [0.25, 0.3) is 10.0 Å². The van der Waals surface area contributed by atoms with Crippen LogP contribution in [0.2, 0.25) is 0 Å². The number of amides is 1. The molecule has 25 heavy (non-hydrogen) atoms. The number of rotatable bonds is 5. The Morgan fingerprint density at radius 2 is 1.88 bits per heavy atom. The highest BCUT2D eigenvalue weighted by Gasteiger charge is 2.39. The molecule has 2 aromatic carbocycles.